The molecule has 2 aromatic heterocycles. The fourth-order valence-electron chi connectivity index (χ4n) is 3.76. The Bertz CT molecular complexity index is 1100. The smallest absolute Gasteiger partial charge is 0.127 e. The minimum Gasteiger partial charge on any atom is -0.343 e. The topological polar surface area (TPSA) is 21.1 Å². The Kier molecular flexibility index (Phi) is 5.82. The lowest BCUT2D eigenvalue weighted by atomic mass is 10.1. The first kappa shape index (κ1) is 19.1. The molecule has 146 valence electrons. The van der Waals surface area contributed by atoms with Crippen LogP contribution < -0.4 is 0 Å². The maximum atomic E-state index is 14.3. The van der Waals surface area contributed by atoms with Crippen LogP contribution in [-0.2, 0) is 26.2 Å². The SMILES string of the molecule is C=CCn1cc(CN(Cc2cccnc2)Cc2ccccc2F)c2ccccc21. The summed E-state index contributed by atoms with van der Waals surface area (Å²) in [6, 6.07) is 19.4. The van der Waals surface area contributed by atoms with E-state index in [1.807, 2.05) is 30.5 Å². The van der Waals surface area contributed by atoms with E-state index in [-0.39, 0.29) is 5.82 Å². The van der Waals surface area contributed by atoms with Gasteiger partial charge in [0.25, 0.3) is 0 Å². The molecule has 4 aromatic rings. The van der Waals surface area contributed by atoms with Gasteiger partial charge in [-0.1, -0.05) is 48.5 Å². The lowest BCUT2D eigenvalue weighted by Crippen LogP contribution is -2.23. The zero-order valence-corrected chi connectivity index (χ0v) is 16.3. The van der Waals surface area contributed by atoms with E-state index in [1.54, 1.807) is 12.3 Å². The second-order valence-electron chi connectivity index (χ2n) is 7.21. The van der Waals surface area contributed by atoms with Crippen LogP contribution in [0.15, 0.2) is 91.9 Å². The van der Waals surface area contributed by atoms with Crippen LogP contribution >= 0.6 is 0 Å². The van der Waals surface area contributed by atoms with Crippen molar-refractivity contribution in [1.82, 2.24) is 14.5 Å². The molecule has 0 unspecified atom stereocenters. The van der Waals surface area contributed by atoms with Crippen LogP contribution in [0.2, 0.25) is 0 Å². The average molecular weight is 385 g/mol. The summed E-state index contributed by atoms with van der Waals surface area (Å²) in [5.41, 5.74) is 4.22. The number of benzene rings is 2. The van der Waals surface area contributed by atoms with Crippen molar-refractivity contribution in [3.8, 4) is 0 Å². The van der Waals surface area contributed by atoms with Crippen LogP contribution in [0.5, 0.6) is 0 Å². The third kappa shape index (κ3) is 4.44. The summed E-state index contributed by atoms with van der Waals surface area (Å²) >= 11 is 0. The second-order valence-corrected chi connectivity index (χ2v) is 7.21. The van der Waals surface area contributed by atoms with E-state index in [9.17, 15) is 4.39 Å². The van der Waals surface area contributed by atoms with E-state index in [2.05, 4.69) is 57.6 Å². The number of rotatable bonds is 8. The predicted molar refractivity (Wildman–Crippen MR) is 116 cm³/mol. The fraction of sp³-hybridized carbons (Fsp3) is 0.160. The quantitative estimate of drug-likeness (QED) is 0.370. The van der Waals surface area contributed by atoms with E-state index in [0.717, 1.165) is 12.1 Å². The van der Waals surface area contributed by atoms with E-state index in [1.165, 1.54) is 22.5 Å². The maximum Gasteiger partial charge on any atom is 0.127 e. The van der Waals surface area contributed by atoms with Gasteiger partial charge in [-0.3, -0.25) is 9.88 Å². The highest BCUT2D eigenvalue weighted by molar-refractivity contribution is 5.84. The highest BCUT2D eigenvalue weighted by Gasteiger charge is 2.15. The number of nitrogens with zero attached hydrogens (tertiary/aromatic N) is 3. The van der Waals surface area contributed by atoms with Crippen LogP contribution in [0, 0.1) is 5.82 Å². The van der Waals surface area contributed by atoms with Crippen molar-refractivity contribution in [2.24, 2.45) is 0 Å². The molecule has 0 N–H and O–H groups in total. The van der Waals surface area contributed by atoms with Crippen molar-refractivity contribution in [3.63, 3.8) is 0 Å². The van der Waals surface area contributed by atoms with Gasteiger partial charge in [0.1, 0.15) is 5.82 Å². The Morgan fingerprint density at radius 2 is 1.72 bits per heavy atom. The second kappa shape index (κ2) is 8.84. The van der Waals surface area contributed by atoms with Crippen LogP contribution in [-0.4, -0.2) is 14.5 Å². The lowest BCUT2D eigenvalue weighted by Gasteiger charge is -2.22. The number of aromatic nitrogens is 2. The van der Waals surface area contributed by atoms with E-state index < -0.39 is 0 Å². The number of fused-ring (bicyclic) bond motifs is 1. The standard InChI is InChI=1S/C25H24FN3/c1-2-14-29-19-22(23-10-4-6-12-25(23)29)18-28(16-20-8-7-13-27-15-20)17-21-9-3-5-11-24(21)26/h2-13,15,19H,1,14,16-18H2. The third-order valence-corrected chi connectivity index (χ3v) is 5.07. The van der Waals surface area contributed by atoms with Gasteiger partial charge < -0.3 is 4.57 Å². The Morgan fingerprint density at radius 1 is 0.931 bits per heavy atom. The molecule has 0 radical (unpaired) electrons. The Hall–Kier alpha value is -3.24. The molecular formula is C25H24FN3. The molecule has 4 rings (SSSR count). The zero-order valence-electron chi connectivity index (χ0n) is 16.3. The molecule has 2 aromatic carbocycles. The maximum absolute atomic E-state index is 14.3. The first-order valence-electron chi connectivity index (χ1n) is 9.77. The molecule has 29 heavy (non-hydrogen) atoms. The van der Waals surface area contributed by atoms with Crippen molar-refractivity contribution in [2.45, 2.75) is 26.2 Å². The number of pyridine rings is 1. The molecule has 0 aliphatic rings. The van der Waals surface area contributed by atoms with Gasteiger partial charge in [-0.05, 0) is 29.3 Å². The van der Waals surface area contributed by atoms with Crippen molar-refractivity contribution < 1.29 is 4.39 Å². The molecule has 0 saturated carbocycles. The predicted octanol–water partition coefficient (Wildman–Crippen LogP) is 5.56. The van der Waals surface area contributed by atoms with Crippen molar-refractivity contribution in [2.75, 3.05) is 0 Å². The summed E-state index contributed by atoms with van der Waals surface area (Å²) in [6.07, 6.45) is 7.73. The summed E-state index contributed by atoms with van der Waals surface area (Å²) < 4.78 is 16.5. The van der Waals surface area contributed by atoms with Crippen LogP contribution in [0.3, 0.4) is 0 Å². The van der Waals surface area contributed by atoms with Gasteiger partial charge in [0.05, 0.1) is 0 Å². The average Bonchev–Trinajstić information content (AvgIpc) is 3.08. The summed E-state index contributed by atoms with van der Waals surface area (Å²) in [5, 5.41) is 1.22. The van der Waals surface area contributed by atoms with Gasteiger partial charge in [-0.2, -0.15) is 0 Å². The van der Waals surface area contributed by atoms with Gasteiger partial charge in [-0.25, -0.2) is 4.39 Å². The van der Waals surface area contributed by atoms with Gasteiger partial charge in [0.15, 0.2) is 0 Å². The molecule has 0 bridgehead atoms. The van der Waals surface area contributed by atoms with E-state index in [0.29, 0.717) is 25.2 Å². The number of halogens is 1. The number of allylic oxidation sites excluding steroid dienone is 1. The van der Waals surface area contributed by atoms with Crippen LogP contribution in [0.1, 0.15) is 16.7 Å². The summed E-state index contributed by atoms with van der Waals surface area (Å²) in [7, 11) is 0. The van der Waals surface area contributed by atoms with Gasteiger partial charge >= 0.3 is 0 Å². The molecule has 0 amide bonds. The summed E-state index contributed by atoms with van der Waals surface area (Å²) in [5.74, 6) is -0.169. The van der Waals surface area contributed by atoms with Crippen LogP contribution in [0.4, 0.5) is 4.39 Å². The van der Waals surface area contributed by atoms with Crippen molar-refractivity contribution >= 4 is 10.9 Å². The third-order valence-electron chi connectivity index (χ3n) is 5.07. The molecule has 0 aliphatic heterocycles. The highest BCUT2D eigenvalue weighted by Crippen LogP contribution is 2.24. The van der Waals surface area contributed by atoms with E-state index in [4.69, 9.17) is 0 Å². The molecule has 0 fully saturated rings. The molecule has 0 saturated heterocycles. The summed E-state index contributed by atoms with van der Waals surface area (Å²) in [4.78, 5) is 6.49. The van der Waals surface area contributed by atoms with Crippen molar-refractivity contribution in [1.29, 1.82) is 0 Å². The number of para-hydroxylation sites is 1. The van der Waals surface area contributed by atoms with Crippen molar-refractivity contribution in [3.05, 3.63) is 114 Å². The fourth-order valence-corrected chi connectivity index (χ4v) is 3.76. The minimum absolute atomic E-state index is 0.169. The largest absolute Gasteiger partial charge is 0.343 e. The minimum atomic E-state index is -0.169. The molecule has 0 spiro atoms. The normalized spacial score (nSPS) is 11.2. The molecule has 0 atom stereocenters. The Morgan fingerprint density at radius 3 is 2.52 bits per heavy atom. The van der Waals surface area contributed by atoms with E-state index >= 15 is 0 Å². The van der Waals surface area contributed by atoms with Crippen LogP contribution in [0.25, 0.3) is 10.9 Å². The van der Waals surface area contributed by atoms with Gasteiger partial charge in [0.2, 0.25) is 0 Å². The van der Waals surface area contributed by atoms with Gasteiger partial charge in [0, 0.05) is 61.2 Å². The number of hydrogen-bond acceptors (Lipinski definition) is 2. The first-order chi connectivity index (χ1) is 14.2. The lowest BCUT2D eigenvalue weighted by molar-refractivity contribution is 0.244. The molecule has 2 heterocycles. The number of hydrogen-bond donors (Lipinski definition) is 0. The highest BCUT2D eigenvalue weighted by atomic mass is 19.1. The first-order valence-corrected chi connectivity index (χ1v) is 9.77. The Labute approximate surface area is 170 Å². The monoisotopic (exact) mass is 385 g/mol. The summed E-state index contributed by atoms with van der Waals surface area (Å²) in [6.45, 7) is 6.58. The van der Waals surface area contributed by atoms with Gasteiger partial charge in [-0.15, -0.1) is 6.58 Å². The molecule has 3 nitrogen and oxygen atoms in total. The Balaban J connectivity index is 1.67. The molecular weight excluding hydrogens is 361 g/mol. The molecule has 0 aliphatic carbocycles. The zero-order chi connectivity index (χ0) is 20.1. The molecule has 4 heteroatoms.